The fourth-order valence-electron chi connectivity index (χ4n) is 2.79. The predicted molar refractivity (Wildman–Crippen MR) is 116 cm³/mol. The highest BCUT2D eigenvalue weighted by Crippen LogP contribution is 2.19. The second-order valence-corrected chi connectivity index (χ2v) is 8.70. The first-order valence-electron chi connectivity index (χ1n) is 9.06. The molecule has 29 heavy (non-hydrogen) atoms. The predicted octanol–water partition coefficient (Wildman–Crippen LogP) is 4.42. The van der Waals surface area contributed by atoms with Gasteiger partial charge in [-0.25, -0.2) is 8.42 Å². The Labute approximate surface area is 175 Å². The summed E-state index contributed by atoms with van der Waals surface area (Å²) in [5.74, 6) is -0.261. The van der Waals surface area contributed by atoms with E-state index in [4.69, 9.17) is 11.6 Å². The summed E-state index contributed by atoms with van der Waals surface area (Å²) in [6, 6.07) is 20.4. The third-order valence-electron chi connectivity index (χ3n) is 4.40. The lowest BCUT2D eigenvalue weighted by atomic mass is 10.1. The van der Waals surface area contributed by atoms with Gasteiger partial charge < -0.3 is 5.32 Å². The van der Waals surface area contributed by atoms with Gasteiger partial charge in [0.15, 0.2) is 0 Å². The number of carbonyl (C=O) groups is 1. The average Bonchev–Trinajstić information content (AvgIpc) is 2.70. The van der Waals surface area contributed by atoms with E-state index in [1.165, 1.54) is 24.3 Å². The molecule has 5 nitrogen and oxygen atoms in total. The van der Waals surface area contributed by atoms with Gasteiger partial charge >= 0.3 is 0 Å². The smallest absolute Gasteiger partial charge is 0.261 e. The third kappa shape index (κ3) is 5.59. The topological polar surface area (TPSA) is 75.3 Å². The number of para-hydroxylation sites is 1. The van der Waals surface area contributed by atoms with Crippen molar-refractivity contribution >= 4 is 33.2 Å². The van der Waals surface area contributed by atoms with E-state index >= 15 is 0 Å². The van der Waals surface area contributed by atoms with Crippen LogP contribution >= 0.6 is 11.6 Å². The molecule has 0 spiro atoms. The second-order valence-electron chi connectivity index (χ2n) is 6.58. The molecule has 0 bridgehead atoms. The van der Waals surface area contributed by atoms with Crippen molar-refractivity contribution < 1.29 is 13.2 Å². The number of rotatable bonds is 7. The molecule has 3 rings (SSSR count). The third-order valence-corrected chi connectivity index (χ3v) is 6.02. The zero-order valence-corrected chi connectivity index (χ0v) is 17.4. The minimum Gasteiger partial charge on any atom is -0.352 e. The van der Waals surface area contributed by atoms with E-state index in [1.807, 2.05) is 37.3 Å². The van der Waals surface area contributed by atoms with Gasteiger partial charge in [-0.05, 0) is 66.9 Å². The second kappa shape index (κ2) is 9.11. The van der Waals surface area contributed by atoms with Crippen molar-refractivity contribution in [1.29, 1.82) is 0 Å². The number of anilines is 1. The summed E-state index contributed by atoms with van der Waals surface area (Å²) in [5.41, 5.74) is 2.77. The van der Waals surface area contributed by atoms with Gasteiger partial charge in [-0.2, -0.15) is 0 Å². The van der Waals surface area contributed by atoms with Crippen LogP contribution in [0.3, 0.4) is 0 Å². The zero-order chi connectivity index (χ0) is 20.9. The summed E-state index contributed by atoms with van der Waals surface area (Å²) in [5, 5.41) is 3.48. The Balaban J connectivity index is 1.61. The molecule has 7 heteroatoms. The van der Waals surface area contributed by atoms with E-state index in [9.17, 15) is 13.2 Å². The van der Waals surface area contributed by atoms with Crippen LogP contribution in [-0.2, 0) is 16.4 Å². The van der Waals surface area contributed by atoms with Crippen LogP contribution in [0, 0.1) is 6.92 Å². The Bertz CT molecular complexity index is 1110. The van der Waals surface area contributed by atoms with E-state index in [1.54, 1.807) is 18.2 Å². The number of carbonyl (C=O) groups excluding carboxylic acids is 1. The van der Waals surface area contributed by atoms with Gasteiger partial charge in [0.05, 0.1) is 10.6 Å². The molecular weight excluding hydrogens is 408 g/mol. The Hall–Kier alpha value is -2.83. The lowest BCUT2D eigenvalue weighted by molar-refractivity contribution is 0.0954. The quantitative estimate of drug-likeness (QED) is 0.584. The molecule has 2 N–H and O–H groups in total. The highest BCUT2D eigenvalue weighted by molar-refractivity contribution is 7.92. The molecule has 3 aromatic rings. The van der Waals surface area contributed by atoms with Crippen LogP contribution in [0.25, 0.3) is 0 Å². The number of halogens is 1. The number of nitrogens with one attached hydrogen (secondary N) is 2. The van der Waals surface area contributed by atoms with Gasteiger partial charge in [-0.15, -0.1) is 0 Å². The highest BCUT2D eigenvalue weighted by atomic mass is 35.5. The van der Waals surface area contributed by atoms with Crippen molar-refractivity contribution in [2.45, 2.75) is 18.2 Å². The summed E-state index contributed by atoms with van der Waals surface area (Å²) < 4.78 is 27.7. The fourth-order valence-corrected chi connectivity index (χ4v) is 4.14. The molecule has 0 radical (unpaired) electrons. The van der Waals surface area contributed by atoms with E-state index in [2.05, 4.69) is 10.0 Å². The van der Waals surface area contributed by atoms with Crippen molar-refractivity contribution in [3.8, 4) is 0 Å². The zero-order valence-electron chi connectivity index (χ0n) is 15.9. The maximum atomic E-state index is 12.6. The van der Waals surface area contributed by atoms with Crippen molar-refractivity contribution in [3.05, 3.63) is 94.5 Å². The first-order valence-corrected chi connectivity index (χ1v) is 10.9. The largest absolute Gasteiger partial charge is 0.352 e. The first-order chi connectivity index (χ1) is 13.8. The molecule has 0 heterocycles. The van der Waals surface area contributed by atoms with Crippen molar-refractivity contribution in [2.75, 3.05) is 11.3 Å². The summed E-state index contributed by atoms with van der Waals surface area (Å²) in [6.45, 7) is 2.28. The summed E-state index contributed by atoms with van der Waals surface area (Å²) in [4.78, 5) is 12.4. The standard InChI is InChI=1S/C22H21ClN2O3S/c1-16-5-2-3-8-21(16)25-29(27,28)20-11-9-18(10-12-20)22(26)24-14-13-17-6-4-7-19(23)15-17/h2-12,15,25H,13-14H2,1H3,(H,24,26). The number of aryl methyl sites for hydroxylation is 1. The van der Waals surface area contributed by atoms with Gasteiger partial charge in [0, 0.05) is 17.1 Å². The molecule has 0 atom stereocenters. The van der Waals surface area contributed by atoms with Crippen LogP contribution in [-0.4, -0.2) is 20.9 Å². The van der Waals surface area contributed by atoms with Gasteiger partial charge in [-0.3, -0.25) is 9.52 Å². The lowest BCUT2D eigenvalue weighted by Crippen LogP contribution is -2.25. The van der Waals surface area contributed by atoms with Crippen LogP contribution in [0.5, 0.6) is 0 Å². The summed E-state index contributed by atoms with van der Waals surface area (Å²) in [6.07, 6.45) is 0.652. The molecule has 0 aromatic heterocycles. The number of amides is 1. The first kappa shape index (κ1) is 20.9. The lowest BCUT2D eigenvalue weighted by Gasteiger charge is -2.11. The monoisotopic (exact) mass is 428 g/mol. The van der Waals surface area contributed by atoms with Crippen LogP contribution in [0.15, 0.2) is 77.7 Å². The maximum absolute atomic E-state index is 12.6. The number of benzene rings is 3. The van der Waals surface area contributed by atoms with Crippen molar-refractivity contribution in [3.63, 3.8) is 0 Å². The number of hydrogen-bond donors (Lipinski definition) is 2. The van der Waals surface area contributed by atoms with E-state index in [0.717, 1.165) is 11.1 Å². The minimum atomic E-state index is -3.73. The normalized spacial score (nSPS) is 11.1. The molecule has 150 valence electrons. The maximum Gasteiger partial charge on any atom is 0.261 e. The minimum absolute atomic E-state index is 0.0937. The Morgan fingerprint density at radius 3 is 2.38 bits per heavy atom. The summed E-state index contributed by atoms with van der Waals surface area (Å²) in [7, 11) is -3.73. The van der Waals surface area contributed by atoms with Gasteiger partial charge in [0.2, 0.25) is 0 Å². The van der Waals surface area contributed by atoms with Crippen LogP contribution in [0.4, 0.5) is 5.69 Å². The molecule has 3 aromatic carbocycles. The Kier molecular flexibility index (Phi) is 6.56. The average molecular weight is 429 g/mol. The molecule has 0 aliphatic heterocycles. The van der Waals surface area contributed by atoms with Crippen molar-refractivity contribution in [2.24, 2.45) is 0 Å². The van der Waals surface area contributed by atoms with Crippen LogP contribution in [0.1, 0.15) is 21.5 Å². The number of sulfonamides is 1. The molecule has 0 unspecified atom stereocenters. The van der Waals surface area contributed by atoms with E-state index < -0.39 is 10.0 Å². The summed E-state index contributed by atoms with van der Waals surface area (Å²) >= 11 is 5.95. The number of hydrogen-bond acceptors (Lipinski definition) is 3. The Morgan fingerprint density at radius 2 is 1.69 bits per heavy atom. The molecule has 0 aliphatic rings. The van der Waals surface area contributed by atoms with E-state index in [0.29, 0.717) is 29.2 Å². The fraction of sp³-hybridized carbons (Fsp3) is 0.136. The van der Waals surface area contributed by atoms with Gasteiger partial charge in [0.1, 0.15) is 0 Å². The molecular formula is C22H21ClN2O3S. The molecule has 0 saturated carbocycles. The molecule has 0 fully saturated rings. The van der Waals surface area contributed by atoms with Gasteiger partial charge in [-0.1, -0.05) is 41.9 Å². The van der Waals surface area contributed by atoms with Crippen LogP contribution < -0.4 is 10.0 Å². The SMILES string of the molecule is Cc1ccccc1NS(=O)(=O)c1ccc(C(=O)NCCc2cccc(Cl)c2)cc1. The molecule has 0 aliphatic carbocycles. The Morgan fingerprint density at radius 1 is 0.966 bits per heavy atom. The van der Waals surface area contributed by atoms with Crippen molar-refractivity contribution in [1.82, 2.24) is 5.32 Å². The highest BCUT2D eigenvalue weighted by Gasteiger charge is 2.16. The van der Waals surface area contributed by atoms with Gasteiger partial charge in [0.25, 0.3) is 15.9 Å². The van der Waals surface area contributed by atoms with Crippen LogP contribution in [0.2, 0.25) is 5.02 Å². The molecule has 1 amide bonds. The van der Waals surface area contributed by atoms with E-state index in [-0.39, 0.29) is 10.8 Å². The molecule has 0 saturated heterocycles.